The molecule has 2 aromatic rings. The minimum Gasteiger partial charge on any atom is -0.494 e. The van der Waals surface area contributed by atoms with E-state index in [1.54, 1.807) is 0 Å². The zero-order chi connectivity index (χ0) is 15.2. The second-order valence-electron chi connectivity index (χ2n) is 4.89. The second kappa shape index (κ2) is 7.48. The highest BCUT2D eigenvalue weighted by molar-refractivity contribution is 9.10. The van der Waals surface area contributed by atoms with Gasteiger partial charge in [-0.05, 0) is 49.7 Å². The van der Waals surface area contributed by atoms with Crippen molar-refractivity contribution in [1.29, 1.82) is 0 Å². The number of hydrogen-bond acceptors (Lipinski definition) is 3. The summed E-state index contributed by atoms with van der Waals surface area (Å²) in [6, 6.07) is 13.4. The topological polar surface area (TPSA) is 44.5 Å². The zero-order valence-corrected chi connectivity index (χ0v) is 13.9. The molecule has 0 aliphatic rings. The third kappa shape index (κ3) is 4.48. The summed E-state index contributed by atoms with van der Waals surface area (Å²) >= 11 is 3.46. The molecule has 2 aromatic carbocycles. The molecule has 4 heteroatoms. The summed E-state index contributed by atoms with van der Waals surface area (Å²) in [4.78, 5) is 0. The first-order valence-electron chi connectivity index (χ1n) is 7.06. The molecule has 2 N–H and O–H groups in total. The number of benzene rings is 2. The van der Waals surface area contributed by atoms with E-state index in [0.29, 0.717) is 0 Å². The molecule has 0 heterocycles. The van der Waals surface area contributed by atoms with E-state index < -0.39 is 0 Å². The van der Waals surface area contributed by atoms with Crippen LogP contribution >= 0.6 is 15.9 Å². The van der Waals surface area contributed by atoms with Crippen LogP contribution in [0.1, 0.15) is 31.9 Å². The molecule has 112 valence electrons. The average Bonchev–Trinajstić information content (AvgIpc) is 2.46. The van der Waals surface area contributed by atoms with Crippen molar-refractivity contribution in [2.45, 2.75) is 26.3 Å². The largest absolute Gasteiger partial charge is 0.494 e. The van der Waals surface area contributed by atoms with Gasteiger partial charge in [0.2, 0.25) is 0 Å². The lowest BCUT2D eigenvalue weighted by atomic mass is 10.1. The van der Waals surface area contributed by atoms with E-state index in [1.165, 1.54) is 0 Å². The molecule has 3 nitrogen and oxygen atoms in total. The van der Waals surface area contributed by atoms with Gasteiger partial charge in [0.25, 0.3) is 0 Å². The molecule has 0 radical (unpaired) electrons. The van der Waals surface area contributed by atoms with Crippen LogP contribution in [0.5, 0.6) is 17.2 Å². The van der Waals surface area contributed by atoms with Crippen LogP contribution in [0, 0.1) is 0 Å². The fourth-order valence-electron chi connectivity index (χ4n) is 1.92. The zero-order valence-electron chi connectivity index (χ0n) is 12.3. The fraction of sp³-hybridized carbons (Fsp3) is 0.294. The van der Waals surface area contributed by atoms with Gasteiger partial charge in [0, 0.05) is 16.1 Å². The van der Waals surface area contributed by atoms with E-state index >= 15 is 0 Å². The maximum Gasteiger partial charge on any atom is 0.133 e. The van der Waals surface area contributed by atoms with Crippen LogP contribution in [0.25, 0.3) is 0 Å². The molecule has 1 atom stereocenters. The number of nitrogens with two attached hydrogens (primary N) is 1. The molecule has 0 aromatic heterocycles. The molecule has 0 amide bonds. The van der Waals surface area contributed by atoms with Crippen LogP contribution in [-0.2, 0) is 0 Å². The lowest BCUT2D eigenvalue weighted by Crippen LogP contribution is -2.06. The summed E-state index contributed by atoms with van der Waals surface area (Å²) in [7, 11) is 0. The van der Waals surface area contributed by atoms with Crippen molar-refractivity contribution >= 4 is 15.9 Å². The van der Waals surface area contributed by atoms with E-state index in [0.717, 1.165) is 40.3 Å². The highest BCUT2D eigenvalue weighted by Gasteiger charge is 2.10. The molecule has 0 aliphatic heterocycles. The van der Waals surface area contributed by atoms with Gasteiger partial charge in [-0.2, -0.15) is 0 Å². The highest BCUT2D eigenvalue weighted by atomic mass is 79.9. The first-order chi connectivity index (χ1) is 10.1. The van der Waals surface area contributed by atoms with Crippen LogP contribution in [0.3, 0.4) is 0 Å². The number of hydrogen-bond donors (Lipinski definition) is 1. The van der Waals surface area contributed by atoms with Gasteiger partial charge in [-0.15, -0.1) is 0 Å². The Morgan fingerprint density at radius 1 is 1.10 bits per heavy atom. The van der Waals surface area contributed by atoms with Crippen LogP contribution in [0.2, 0.25) is 0 Å². The summed E-state index contributed by atoms with van der Waals surface area (Å²) in [6.45, 7) is 4.75. The number of halogens is 1. The van der Waals surface area contributed by atoms with E-state index in [9.17, 15) is 0 Å². The van der Waals surface area contributed by atoms with E-state index in [4.69, 9.17) is 15.2 Å². The minimum atomic E-state index is -0.0831. The molecule has 0 saturated carbocycles. The third-order valence-corrected chi connectivity index (χ3v) is 3.48. The monoisotopic (exact) mass is 349 g/mol. The van der Waals surface area contributed by atoms with Gasteiger partial charge >= 0.3 is 0 Å². The van der Waals surface area contributed by atoms with Gasteiger partial charge < -0.3 is 15.2 Å². The maximum atomic E-state index is 5.98. The van der Waals surface area contributed by atoms with Crippen molar-refractivity contribution in [2.75, 3.05) is 6.61 Å². The number of ether oxygens (including phenoxy) is 2. The van der Waals surface area contributed by atoms with Crippen LogP contribution in [-0.4, -0.2) is 6.61 Å². The average molecular weight is 350 g/mol. The quantitative estimate of drug-likeness (QED) is 0.793. The van der Waals surface area contributed by atoms with Crippen molar-refractivity contribution in [3.8, 4) is 17.2 Å². The minimum absolute atomic E-state index is 0.0831. The second-order valence-corrected chi connectivity index (χ2v) is 5.81. The Hall–Kier alpha value is -1.52. The van der Waals surface area contributed by atoms with Crippen molar-refractivity contribution in [3.63, 3.8) is 0 Å². The SMILES string of the molecule is CCCOc1ccc(Oc2cc(Br)ccc2C(C)N)cc1. The van der Waals surface area contributed by atoms with Crippen LogP contribution in [0.15, 0.2) is 46.9 Å². The predicted octanol–water partition coefficient (Wildman–Crippen LogP) is 5.05. The Morgan fingerprint density at radius 3 is 2.38 bits per heavy atom. The maximum absolute atomic E-state index is 5.98. The third-order valence-electron chi connectivity index (χ3n) is 2.99. The summed E-state index contributed by atoms with van der Waals surface area (Å²) in [5.74, 6) is 2.38. The molecular weight excluding hydrogens is 330 g/mol. The Balaban J connectivity index is 2.16. The molecule has 0 aliphatic carbocycles. The summed E-state index contributed by atoms with van der Waals surface area (Å²) in [6.07, 6.45) is 0.994. The molecule has 2 rings (SSSR count). The molecule has 0 bridgehead atoms. The molecular formula is C17H20BrNO2. The smallest absolute Gasteiger partial charge is 0.133 e. The van der Waals surface area contributed by atoms with Gasteiger partial charge in [-0.25, -0.2) is 0 Å². The summed E-state index contributed by atoms with van der Waals surface area (Å²) in [5.41, 5.74) is 6.96. The van der Waals surface area contributed by atoms with Crippen LogP contribution in [0.4, 0.5) is 0 Å². The van der Waals surface area contributed by atoms with Crippen molar-refractivity contribution in [2.24, 2.45) is 5.73 Å². The lowest BCUT2D eigenvalue weighted by molar-refractivity contribution is 0.317. The molecule has 0 spiro atoms. The molecule has 1 unspecified atom stereocenters. The van der Waals surface area contributed by atoms with Crippen molar-refractivity contribution in [1.82, 2.24) is 0 Å². The Bertz CT molecular complexity index is 582. The van der Waals surface area contributed by atoms with E-state index in [1.807, 2.05) is 49.4 Å². The van der Waals surface area contributed by atoms with Gasteiger partial charge in [0.05, 0.1) is 6.61 Å². The van der Waals surface area contributed by atoms with Gasteiger partial charge in [0.15, 0.2) is 0 Å². The predicted molar refractivity (Wildman–Crippen MR) is 89.0 cm³/mol. The summed E-state index contributed by atoms with van der Waals surface area (Å²) in [5, 5.41) is 0. The van der Waals surface area contributed by atoms with Gasteiger partial charge in [0.1, 0.15) is 17.2 Å². The van der Waals surface area contributed by atoms with Gasteiger partial charge in [-0.1, -0.05) is 28.9 Å². The highest BCUT2D eigenvalue weighted by Crippen LogP contribution is 2.32. The molecule has 0 saturated heterocycles. The van der Waals surface area contributed by atoms with Crippen molar-refractivity contribution < 1.29 is 9.47 Å². The van der Waals surface area contributed by atoms with Gasteiger partial charge in [-0.3, -0.25) is 0 Å². The first kappa shape index (κ1) is 15.9. The Labute approximate surface area is 134 Å². The normalized spacial score (nSPS) is 12.0. The van der Waals surface area contributed by atoms with Crippen LogP contribution < -0.4 is 15.2 Å². The summed E-state index contributed by atoms with van der Waals surface area (Å²) < 4.78 is 12.5. The number of rotatable bonds is 6. The first-order valence-corrected chi connectivity index (χ1v) is 7.85. The Kier molecular flexibility index (Phi) is 5.65. The molecule has 0 fully saturated rings. The van der Waals surface area contributed by atoms with Crippen molar-refractivity contribution in [3.05, 3.63) is 52.5 Å². The fourth-order valence-corrected chi connectivity index (χ4v) is 2.26. The van der Waals surface area contributed by atoms with E-state index in [2.05, 4.69) is 22.9 Å². The molecule has 21 heavy (non-hydrogen) atoms. The lowest BCUT2D eigenvalue weighted by Gasteiger charge is -2.14. The standard InChI is InChI=1S/C17H20BrNO2/c1-3-10-20-14-5-7-15(8-6-14)21-17-11-13(18)4-9-16(17)12(2)19/h4-9,11-12H,3,10,19H2,1-2H3. The Morgan fingerprint density at radius 2 is 1.76 bits per heavy atom. The van der Waals surface area contributed by atoms with E-state index in [-0.39, 0.29) is 6.04 Å².